The molecule has 2 aromatic carbocycles. The third-order valence-electron chi connectivity index (χ3n) is 3.29. The zero-order valence-corrected chi connectivity index (χ0v) is 11.9. The van der Waals surface area contributed by atoms with Crippen molar-refractivity contribution < 1.29 is 4.92 Å². The summed E-state index contributed by atoms with van der Waals surface area (Å²) in [5.41, 5.74) is 1.09. The Morgan fingerprint density at radius 2 is 1.90 bits per heavy atom. The molecule has 3 rings (SSSR count). The van der Waals surface area contributed by atoms with Crippen molar-refractivity contribution in [1.29, 1.82) is 0 Å². The summed E-state index contributed by atoms with van der Waals surface area (Å²) in [7, 11) is 0. The number of hydrogen-bond acceptors (Lipinski definition) is 4. The maximum Gasteiger partial charge on any atom is 0.270 e. The van der Waals surface area contributed by atoms with Gasteiger partial charge in [0.05, 0.1) is 15.0 Å². The van der Waals surface area contributed by atoms with Gasteiger partial charge in [-0.15, -0.1) is 0 Å². The average molecular weight is 300 g/mol. The van der Waals surface area contributed by atoms with Gasteiger partial charge in [-0.25, -0.2) is 0 Å². The molecule has 0 radical (unpaired) electrons. The number of fused-ring (bicyclic) bond motifs is 1. The molecule has 0 fully saturated rings. The Labute approximate surface area is 124 Å². The van der Waals surface area contributed by atoms with Crippen LogP contribution in [-0.4, -0.2) is 8.88 Å². The molecule has 0 N–H and O–H groups in total. The number of hydrogen-bond donors (Lipinski definition) is 0. The van der Waals surface area contributed by atoms with Crippen LogP contribution in [0, 0.1) is 10.1 Å². The number of nitrogens with zero attached hydrogens (tertiary/aromatic N) is 2. The van der Waals surface area contributed by atoms with Crippen LogP contribution in [-0.2, 0) is 13.0 Å². The van der Waals surface area contributed by atoms with Gasteiger partial charge in [-0.2, -0.15) is 0 Å². The van der Waals surface area contributed by atoms with Gasteiger partial charge in [-0.3, -0.25) is 18.9 Å². The second-order valence-electron chi connectivity index (χ2n) is 4.67. The molecular weight excluding hydrogens is 288 g/mol. The lowest BCUT2D eigenvalue weighted by Crippen LogP contribution is -2.14. The Balaban J connectivity index is 1.91. The molecule has 0 aliphatic rings. The van der Waals surface area contributed by atoms with Gasteiger partial charge in [-0.1, -0.05) is 41.9 Å². The monoisotopic (exact) mass is 300 g/mol. The normalized spacial score (nSPS) is 10.9. The quantitative estimate of drug-likeness (QED) is 0.549. The molecule has 0 amide bonds. The van der Waals surface area contributed by atoms with Gasteiger partial charge in [0, 0.05) is 18.7 Å². The predicted octanol–water partition coefficient (Wildman–Crippen LogP) is 3.21. The summed E-state index contributed by atoms with van der Waals surface area (Å²) in [5.74, 6) is 0. The molecule has 0 spiro atoms. The van der Waals surface area contributed by atoms with Gasteiger partial charge in [0.25, 0.3) is 11.2 Å². The fourth-order valence-corrected chi connectivity index (χ4v) is 3.22. The largest absolute Gasteiger partial charge is 0.270 e. The standard InChI is InChI=1S/C15H12N2O3S/c18-15-13-7-6-12(17(19)20)10-14(13)21-16(15)9-8-11-4-2-1-3-5-11/h1-7,10H,8-9H2. The van der Waals surface area contributed by atoms with E-state index < -0.39 is 4.92 Å². The smallest absolute Gasteiger partial charge is 0.268 e. The summed E-state index contributed by atoms with van der Waals surface area (Å²) in [5, 5.41) is 11.3. The van der Waals surface area contributed by atoms with Crippen LogP contribution in [0.15, 0.2) is 53.3 Å². The molecule has 1 heterocycles. The minimum Gasteiger partial charge on any atom is -0.268 e. The Morgan fingerprint density at radius 1 is 1.14 bits per heavy atom. The first-order chi connectivity index (χ1) is 10.1. The van der Waals surface area contributed by atoms with Crippen molar-refractivity contribution in [3.63, 3.8) is 0 Å². The molecule has 21 heavy (non-hydrogen) atoms. The number of non-ortho nitro benzene ring substituents is 1. The number of aromatic nitrogens is 1. The molecule has 3 aromatic rings. The third-order valence-corrected chi connectivity index (χ3v) is 4.39. The fourth-order valence-electron chi connectivity index (χ4n) is 2.19. The summed E-state index contributed by atoms with van der Waals surface area (Å²) in [6, 6.07) is 14.3. The van der Waals surface area contributed by atoms with Crippen LogP contribution in [0.25, 0.3) is 10.1 Å². The van der Waals surface area contributed by atoms with Gasteiger partial charge < -0.3 is 0 Å². The van der Waals surface area contributed by atoms with E-state index in [1.54, 1.807) is 3.96 Å². The summed E-state index contributed by atoms with van der Waals surface area (Å²) >= 11 is 1.27. The molecule has 5 nitrogen and oxygen atoms in total. The Kier molecular flexibility index (Phi) is 3.53. The van der Waals surface area contributed by atoms with E-state index in [-0.39, 0.29) is 11.2 Å². The van der Waals surface area contributed by atoms with Crippen molar-refractivity contribution in [3.8, 4) is 0 Å². The summed E-state index contributed by atoms with van der Waals surface area (Å²) in [6.45, 7) is 0.579. The third kappa shape index (κ3) is 2.71. The maximum absolute atomic E-state index is 12.2. The number of aryl methyl sites for hydroxylation is 2. The number of nitro groups is 1. The van der Waals surface area contributed by atoms with E-state index in [1.807, 2.05) is 30.3 Å². The van der Waals surface area contributed by atoms with E-state index in [0.29, 0.717) is 16.6 Å². The van der Waals surface area contributed by atoms with Crippen LogP contribution < -0.4 is 5.56 Å². The molecule has 1 aromatic heterocycles. The number of benzene rings is 2. The average Bonchev–Trinajstić information content (AvgIpc) is 2.82. The fraction of sp³-hybridized carbons (Fsp3) is 0.133. The van der Waals surface area contributed by atoms with Crippen LogP contribution in [0.4, 0.5) is 5.69 Å². The van der Waals surface area contributed by atoms with Crippen LogP contribution in [0.5, 0.6) is 0 Å². The number of nitro benzene ring substituents is 1. The Bertz CT molecular complexity index is 852. The highest BCUT2D eigenvalue weighted by Gasteiger charge is 2.12. The van der Waals surface area contributed by atoms with Crippen LogP contribution in [0.1, 0.15) is 5.56 Å². The molecule has 106 valence electrons. The Morgan fingerprint density at radius 3 is 2.62 bits per heavy atom. The maximum atomic E-state index is 12.2. The van der Waals surface area contributed by atoms with Gasteiger partial charge >= 0.3 is 0 Å². The van der Waals surface area contributed by atoms with E-state index in [9.17, 15) is 14.9 Å². The molecular formula is C15H12N2O3S. The van der Waals surface area contributed by atoms with E-state index in [2.05, 4.69) is 0 Å². The van der Waals surface area contributed by atoms with Crippen molar-refractivity contribution in [3.05, 3.63) is 74.6 Å². The Hall–Kier alpha value is -2.47. The highest BCUT2D eigenvalue weighted by atomic mass is 32.1. The molecule has 0 saturated heterocycles. The minimum atomic E-state index is -0.446. The van der Waals surface area contributed by atoms with Crippen LogP contribution >= 0.6 is 11.5 Å². The van der Waals surface area contributed by atoms with Crippen molar-refractivity contribution in [2.45, 2.75) is 13.0 Å². The lowest BCUT2D eigenvalue weighted by molar-refractivity contribution is -0.384. The first-order valence-electron chi connectivity index (χ1n) is 6.47. The van der Waals surface area contributed by atoms with Gasteiger partial charge in [-0.05, 0) is 18.1 Å². The van der Waals surface area contributed by atoms with E-state index in [0.717, 1.165) is 12.0 Å². The van der Waals surface area contributed by atoms with Crippen LogP contribution in [0.3, 0.4) is 0 Å². The molecule has 6 heteroatoms. The zero-order valence-electron chi connectivity index (χ0n) is 11.1. The molecule has 0 atom stereocenters. The zero-order chi connectivity index (χ0) is 14.8. The topological polar surface area (TPSA) is 65.1 Å². The van der Waals surface area contributed by atoms with Crippen molar-refractivity contribution in [2.24, 2.45) is 0 Å². The predicted molar refractivity (Wildman–Crippen MR) is 82.9 cm³/mol. The van der Waals surface area contributed by atoms with Gasteiger partial charge in [0.15, 0.2) is 0 Å². The van der Waals surface area contributed by atoms with Crippen LogP contribution in [0.2, 0.25) is 0 Å². The minimum absolute atomic E-state index is 0.0129. The second-order valence-corrected chi connectivity index (χ2v) is 5.73. The number of rotatable bonds is 4. The molecule has 0 bridgehead atoms. The molecule has 0 unspecified atom stereocenters. The molecule has 0 aliphatic heterocycles. The van der Waals surface area contributed by atoms with Crippen molar-refractivity contribution in [1.82, 2.24) is 3.96 Å². The van der Waals surface area contributed by atoms with E-state index in [1.165, 1.54) is 29.7 Å². The van der Waals surface area contributed by atoms with Gasteiger partial charge in [0.2, 0.25) is 0 Å². The lowest BCUT2D eigenvalue weighted by atomic mass is 10.1. The molecule has 0 aliphatic carbocycles. The highest BCUT2D eigenvalue weighted by molar-refractivity contribution is 7.13. The van der Waals surface area contributed by atoms with Gasteiger partial charge in [0.1, 0.15) is 0 Å². The van der Waals surface area contributed by atoms with Crippen molar-refractivity contribution >= 4 is 27.3 Å². The highest BCUT2D eigenvalue weighted by Crippen LogP contribution is 2.22. The first-order valence-corrected chi connectivity index (χ1v) is 7.25. The summed E-state index contributed by atoms with van der Waals surface area (Å²) in [4.78, 5) is 22.6. The SMILES string of the molecule is O=c1c2ccc([N+](=O)[O-])cc2sn1CCc1ccccc1. The second kappa shape index (κ2) is 5.49. The summed E-state index contributed by atoms with van der Waals surface area (Å²) in [6.07, 6.45) is 0.760. The lowest BCUT2D eigenvalue weighted by Gasteiger charge is -2.00. The summed E-state index contributed by atoms with van der Waals surface area (Å²) < 4.78 is 2.31. The van der Waals surface area contributed by atoms with E-state index in [4.69, 9.17) is 0 Å². The first kappa shape index (κ1) is 13.5. The van der Waals surface area contributed by atoms with E-state index >= 15 is 0 Å². The molecule has 0 saturated carbocycles. The van der Waals surface area contributed by atoms with Crippen molar-refractivity contribution in [2.75, 3.05) is 0 Å².